The summed E-state index contributed by atoms with van der Waals surface area (Å²) in [5.41, 5.74) is 2.41. The molecule has 0 saturated carbocycles. The van der Waals surface area contributed by atoms with E-state index in [1.54, 1.807) is 29.5 Å². The SMILES string of the molecule is CCCCCS(=O)(=O)CCCCCCCCCc1c(-c2ccc(O)cc2)sc2cc(O)ccc12. The Balaban J connectivity index is 1.44. The zero-order valence-corrected chi connectivity index (χ0v) is 21.9. The number of phenols is 2. The van der Waals surface area contributed by atoms with Crippen LogP contribution in [0.15, 0.2) is 42.5 Å². The highest BCUT2D eigenvalue weighted by atomic mass is 32.2. The topological polar surface area (TPSA) is 74.6 Å². The molecule has 0 bridgehead atoms. The standard InChI is InChI=1S/C28H38O4S2/c1-2-3-10-19-34(31,32)20-11-8-6-4-5-7-9-12-26-25-18-17-24(30)21-27(25)33-28(26)22-13-15-23(29)16-14-22/h13-18,21,29-30H,2-12,19-20H2,1H3. The van der Waals surface area contributed by atoms with Gasteiger partial charge in [-0.15, -0.1) is 11.3 Å². The average molecular weight is 503 g/mol. The largest absolute Gasteiger partial charge is 0.508 e. The number of sulfone groups is 1. The van der Waals surface area contributed by atoms with Gasteiger partial charge in [0.1, 0.15) is 21.3 Å². The van der Waals surface area contributed by atoms with E-state index in [2.05, 4.69) is 6.92 Å². The Morgan fingerprint density at radius 2 is 1.32 bits per heavy atom. The van der Waals surface area contributed by atoms with E-state index in [0.29, 0.717) is 11.5 Å². The van der Waals surface area contributed by atoms with E-state index in [1.165, 1.54) is 22.2 Å². The van der Waals surface area contributed by atoms with Crippen molar-refractivity contribution in [3.8, 4) is 21.9 Å². The molecule has 2 aromatic carbocycles. The van der Waals surface area contributed by atoms with Crippen LogP contribution in [0, 0.1) is 0 Å². The van der Waals surface area contributed by atoms with Gasteiger partial charge >= 0.3 is 0 Å². The Labute approximate surface area is 208 Å². The van der Waals surface area contributed by atoms with Gasteiger partial charge in [0.2, 0.25) is 0 Å². The second-order valence-corrected chi connectivity index (χ2v) is 12.6. The van der Waals surface area contributed by atoms with Crippen LogP contribution >= 0.6 is 11.3 Å². The fourth-order valence-electron chi connectivity index (χ4n) is 4.41. The second kappa shape index (κ2) is 13.1. The summed E-state index contributed by atoms with van der Waals surface area (Å²) < 4.78 is 25.1. The number of thiophene rings is 1. The van der Waals surface area contributed by atoms with Crippen molar-refractivity contribution >= 4 is 31.3 Å². The number of fused-ring (bicyclic) bond motifs is 1. The van der Waals surface area contributed by atoms with Crippen LogP contribution in [-0.4, -0.2) is 30.1 Å². The lowest BCUT2D eigenvalue weighted by atomic mass is 9.99. The smallest absolute Gasteiger partial charge is 0.150 e. The number of unbranched alkanes of at least 4 members (excludes halogenated alkanes) is 8. The number of aryl methyl sites for hydroxylation is 1. The summed E-state index contributed by atoms with van der Waals surface area (Å²) in [4.78, 5) is 1.21. The molecule has 0 aliphatic carbocycles. The Hall–Kier alpha value is -2.05. The Bertz CT molecular complexity index is 1130. The molecule has 3 rings (SSSR count). The average Bonchev–Trinajstić information content (AvgIpc) is 3.16. The van der Waals surface area contributed by atoms with Crippen molar-refractivity contribution in [2.24, 2.45) is 0 Å². The highest BCUT2D eigenvalue weighted by Gasteiger charge is 2.14. The fourth-order valence-corrected chi connectivity index (χ4v) is 7.20. The van der Waals surface area contributed by atoms with Crippen molar-refractivity contribution in [3.63, 3.8) is 0 Å². The van der Waals surface area contributed by atoms with E-state index < -0.39 is 9.84 Å². The Morgan fingerprint density at radius 3 is 2.00 bits per heavy atom. The molecule has 0 radical (unpaired) electrons. The van der Waals surface area contributed by atoms with Crippen LogP contribution in [0.2, 0.25) is 0 Å². The maximum atomic E-state index is 12.0. The molecule has 186 valence electrons. The molecule has 0 aliphatic rings. The van der Waals surface area contributed by atoms with Crippen molar-refractivity contribution in [2.75, 3.05) is 11.5 Å². The van der Waals surface area contributed by atoms with Crippen LogP contribution < -0.4 is 0 Å². The zero-order chi connectivity index (χ0) is 24.4. The summed E-state index contributed by atoms with van der Waals surface area (Å²) in [6, 6.07) is 12.9. The second-order valence-electron chi connectivity index (χ2n) is 9.22. The summed E-state index contributed by atoms with van der Waals surface area (Å²) in [5.74, 6) is 1.24. The highest BCUT2D eigenvalue weighted by molar-refractivity contribution is 7.91. The first-order chi connectivity index (χ1) is 16.4. The van der Waals surface area contributed by atoms with Crippen LogP contribution in [0.1, 0.15) is 76.7 Å². The summed E-state index contributed by atoms with van der Waals surface area (Å²) >= 11 is 1.69. The van der Waals surface area contributed by atoms with Crippen LogP contribution in [-0.2, 0) is 16.3 Å². The van der Waals surface area contributed by atoms with Gasteiger partial charge in [0.25, 0.3) is 0 Å². The molecule has 0 amide bonds. The lowest BCUT2D eigenvalue weighted by Crippen LogP contribution is -2.11. The predicted molar refractivity (Wildman–Crippen MR) is 145 cm³/mol. The molecule has 0 saturated heterocycles. The van der Waals surface area contributed by atoms with Crippen LogP contribution in [0.4, 0.5) is 0 Å². The molecule has 2 N–H and O–H groups in total. The van der Waals surface area contributed by atoms with E-state index in [1.807, 2.05) is 24.3 Å². The summed E-state index contributed by atoms with van der Waals surface area (Å²) in [7, 11) is -2.86. The first-order valence-electron chi connectivity index (χ1n) is 12.6. The maximum Gasteiger partial charge on any atom is 0.150 e. The quantitative estimate of drug-likeness (QED) is 0.207. The minimum atomic E-state index is -2.86. The molecule has 6 heteroatoms. The number of benzene rings is 2. The van der Waals surface area contributed by atoms with Crippen molar-refractivity contribution in [3.05, 3.63) is 48.0 Å². The van der Waals surface area contributed by atoms with Gasteiger partial charge in [-0.25, -0.2) is 8.42 Å². The molecule has 1 heterocycles. The third-order valence-corrected chi connectivity index (χ3v) is 9.41. The lowest BCUT2D eigenvalue weighted by molar-refractivity contribution is 0.475. The van der Waals surface area contributed by atoms with Crippen LogP contribution in [0.5, 0.6) is 11.5 Å². The number of rotatable bonds is 15. The molecule has 34 heavy (non-hydrogen) atoms. The molecule has 0 atom stereocenters. The normalized spacial score (nSPS) is 11.9. The van der Waals surface area contributed by atoms with E-state index in [-0.39, 0.29) is 11.5 Å². The van der Waals surface area contributed by atoms with E-state index in [4.69, 9.17) is 0 Å². The van der Waals surface area contributed by atoms with Gasteiger partial charge in [0, 0.05) is 9.58 Å². The molecule has 1 aromatic heterocycles. The minimum Gasteiger partial charge on any atom is -0.508 e. The lowest BCUT2D eigenvalue weighted by Gasteiger charge is -2.07. The van der Waals surface area contributed by atoms with Crippen molar-refractivity contribution < 1.29 is 18.6 Å². The van der Waals surface area contributed by atoms with Crippen LogP contribution in [0.25, 0.3) is 20.5 Å². The Morgan fingerprint density at radius 1 is 0.735 bits per heavy atom. The van der Waals surface area contributed by atoms with Crippen LogP contribution in [0.3, 0.4) is 0 Å². The molecule has 3 aromatic rings. The number of hydrogen-bond donors (Lipinski definition) is 2. The summed E-state index contributed by atoms with van der Waals surface area (Å²) in [6.07, 6.45) is 11.3. The van der Waals surface area contributed by atoms with E-state index in [9.17, 15) is 18.6 Å². The molecular weight excluding hydrogens is 464 g/mol. The molecule has 0 fully saturated rings. The van der Waals surface area contributed by atoms with Gasteiger partial charge in [-0.05, 0) is 84.7 Å². The van der Waals surface area contributed by atoms with E-state index in [0.717, 1.165) is 74.5 Å². The third-order valence-electron chi connectivity index (χ3n) is 6.35. The number of aromatic hydroxyl groups is 2. The van der Waals surface area contributed by atoms with Gasteiger partial charge in [-0.3, -0.25) is 0 Å². The molecule has 0 spiro atoms. The maximum absolute atomic E-state index is 12.0. The van der Waals surface area contributed by atoms with Gasteiger partial charge in [0.15, 0.2) is 0 Å². The van der Waals surface area contributed by atoms with Gasteiger partial charge < -0.3 is 10.2 Å². The fraction of sp³-hybridized carbons (Fsp3) is 0.500. The van der Waals surface area contributed by atoms with Gasteiger partial charge in [-0.1, -0.05) is 51.9 Å². The first-order valence-corrected chi connectivity index (χ1v) is 15.3. The predicted octanol–water partition coefficient (Wildman–Crippen LogP) is 7.86. The summed E-state index contributed by atoms with van der Waals surface area (Å²) in [6.45, 7) is 2.09. The Kier molecular flexibility index (Phi) is 10.3. The minimum absolute atomic E-state index is 0.262. The molecule has 4 nitrogen and oxygen atoms in total. The van der Waals surface area contributed by atoms with Crippen molar-refractivity contribution in [2.45, 2.75) is 77.6 Å². The molecule has 0 unspecified atom stereocenters. The summed E-state index contributed by atoms with van der Waals surface area (Å²) in [5, 5.41) is 20.8. The number of phenolic OH excluding ortho intramolecular Hbond substituents is 2. The van der Waals surface area contributed by atoms with E-state index >= 15 is 0 Å². The van der Waals surface area contributed by atoms with Crippen molar-refractivity contribution in [1.29, 1.82) is 0 Å². The van der Waals surface area contributed by atoms with Gasteiger partial charge in [-0.2, -0.15) is 0 Å². The number of hydrogen-bond acceptors (Lipinski definition) is 5. The first kappa shape index (κ1) is 26.6. The highest BCUT2D eigenvalue weighted by Crippen LogP contribution is 2.41. The third kappa shape index (κ3) is 8.02. The molecule has 0 aliphatic heterocycles. The molecular formula is C28H38O4S2. The monoisotopic (exact) mass is 502 g/mol. The zero-order valence-electron chi connectivity index (χ0n) is 20.3. The van der Waals surface area contributed by atoms with Gasteiger partial charge in [0.05, 0.1) is 11.5 Å². The van der Waals surface area contributed by atoms with Crippen molar-refractivity contribution in [1.82, 2.24) is 0 Å².